The molecule has 1 atom stereocenters. The van der Waals surface area contributed by atoms with Crippen molar-refractivity contribution in [1.29, 1.82) is 0 Å². The van der Waals surface area contributed by atoms with E-state index in [4.69, 9.17) is 9.78 Å². The normalized spacial score (nSPS) is 20.6. The van der Waals surface area contributed by atoms with Crippen molar-refractivity contribution in [3.63, 3.8) is 0 Å². The summed E-state index contributed by atoms with van der Waals surface area (Å²) in [4.78, 5) is 22.3. The molecule has 1 saturated carbocycles. The van der Waals surface area contributed by atoms with Gasteiger partial charge < -0.3 is 0 Å². The molecule has 0 bridgehead atoms. The molecule has 1 aromatic rings. The summed E-state index contributed by atoms with van der Waals surface area (Å²) in [6.07, 6.45) is 5.20. The van der Waals surface area contributed by atoms with Gasteiger partial charge in [-0.15, -0.1) is 0 Å². The predicted octanol–water partition coefficient (Wildman–Crippen LogP) is 4.54. The topological polar surface area (TPSA) is 35.5 Å². The number of benzene rings is 1. The van der Waals surface area contributed by atoms with Crippen molar-refractivity contribution in [2.75, 3.05) is 0 Å². The molecule has 3 nitrogen and oxygen atoms in total. The lowest BCUT2D eigenvalue weighted by molar-refractivity contribution is -0.252. The number of hydrogen-bond donors (Lipinski definition) is 0. The molecule has 109 valence electrons. The third kappa shape index (κ3) is 3.83. The molecule has 0 aromatic heterocycles. The van der Waals surface area contributed by atoms with Crippen LogP contribution in [-0.4, -0.2) is 5.97 Å². The van der Waals surface area contributed by atoms with Crippen LogP contribution in [0.25, 0.3) is 0 Å². The SMILES string of the molecule is CC(C)(C)C1CCCC[C]1OOC(=O)c1ccccc1. The van der Waals surface area contributed by atoms with Crippen LogP contribution in [0.1, 0.15) is 56.8 Å². The maximum atomic E-state index is 11.9. The van der Waals surface area contributed by atoms with Crippen LogP contribution >= 0.6 is 0 Å². The van der Waals surface area contributed by atoms with Crippen LogP contribution in [0.4, 0.5) is 0 Å². The minimum absolute atomic E-state index is 0.134. The van der Waals surface area contributed by atoms with Gasteiger partial charge in [0.25, 0.3) is 0 Å². The lowest BCUT2D eigenvalue weighted by Crippen LogP contribution is -2.31. The van der Waals surface area contributed by atoms with E-state index in [0.717, 1.165) is 25.4 Å². The Morgan fingerprint density at radius 3 is 2.50 bits per heavy atom. The Morgan fingerprint density at radius 2 is 1.85 bits per heavy atom. The van der Waals surface area contributed by atoms with Crippen LogP contribution < -0.4 is 0 Å². The second-order valence-corrected chi connectivity index (χ2v) is 6.45. The van der Waals surface area contributed by atoms with Crippen molar-refractivity contribution in [3.05, 3.63) is 42.0 Å². The molecule has 3 heteroatoms. The Kier molecular flexibility index (Phi) is 4.81. The molecular formula is C17H23O3. The van der Waals surface area contributed by atoms with Crippen molar-refractivity contribution in [2.45, 2.75) is 46.5 Å². The molecule has 0 aliphatic heterocycles. The molecular weight excluding hydrogens is 252 g/mol. The van der Waals surface area contributed by atoms with Crippen molar-refractivity contribution in [2.24, 2.45) is 11.3 Å². The Bertz CT molecular complexity index is 433. The summed E-state index contributed by atoms with van der Waals surface area (Å²) >= 11 is 0. The van der Waals surface area contributed by atoms with Gasteiger partial charge in [0.1, 0.15) is 0 Å². The van der Waals surface area contributed by atoms with E-state index in [1.165, 1.54) is 6.42 Å². The van der Waals surface area contributed by atoms with E-state index in [1.807, 2.05) is 18.2 Å². The first-order valence-electron chi connectivity index (χ1n) is 7.28. The lowest BCUT2D eigenvalue weighted by atomic mass is 9.71. The molecule has 0 heterocycles. The molecule has 1 radical (unpaired) electrons. The summed E-state index contributed by atoms with van der Waals surface area (Å²) < 4.78 is 0. The van der Waals surface area contributed by atoms with Gasteiger partial charge in [-0.1, -0.05) is 51.8 Å². The number of rotatable bonds is 3. The van der Waals surface area contributed by atoms with Crippen LogP contribution in [0.15, 0.2) is 30.3 Å². The van der Waals surface area contributed by atoms with Crippen LogP contribution in [0.3, 0.4) is 0 Å². The first kappa shape index (κ1) is 15.0. The fraction of sp³-hybridized carbons (Fsp3) is 0.529. The Labute approximate surface area is 121 Å². The number of carbonyl (C=O) groups excluding carboxylic acids is 1. The summed E-state index contributed by atoms with van der Waals surface area (Å²) in [5.41, 5.74) is 0.644. The average Bonchev–Trinajstić information content (AvgIpc) is 2.45. The zero-order valence-electron chi connectivity index (χ0n) is 12.5. The lowest BCUT2D eigenvalue weighted by Gasteiger charge is -2.37. The zero-order valence-corrected chi connectivity index (χ0v) is 12.5. The summed E-state index contributed by atoms with van der Waals surface area (Å²) in [5, 5.41) is 0. The Morgan fingerprint density at radius 1 is 1.15 bits per heavy atom. The van der Waals surface area contributed by atoms with Gasteiger partial charge >= 0.3 is 5.97 Å². The van der Waals surface area contributed by atoms with Gasteiger partial charge in [0.15, 0.2) is 6.10 Å². The van der Waals surface area contributed by atoms with Gasteiger partial charge in [-0.3, -0.25) is 4.89 Å². The number of carbonyl (C=O) groups is 1. The molecule has 1 fully saturated rings. The fourth-order valence-electron chi connectivity index (χ4n) is 2.71. The molecule has 1 aliphatic rings. The minimum Gasteiger partial charge on any atom is -0.292 e. The highest BCUT2D eigenvalue weighted by atomic mass is 17.2. The van der Waals surface area contributed by atoms with Crippen LogP contribution in [0, 0.1) is 17.4 Å². The summed E-state index contributed by atoms with van der Waals surface area (Å²) in [6, 6.07) is 8.92. The molecule has 0 amide bonds. The van der Waals surface area contributed by atoms with Crippen LogP contribution in [0.2, 0.25) is 0 Å². The maximum absolute atomic E-state index is 11.9. The first-order chi connectivity index (χ1) is 9.48. The van der Waals surface area contributed by atoms with Gasteiger partial charge in [0.2, 0.25) is 0 Å². The van der Waals surface area contributed by atoms with E-state index >= 15 is 0 Å². The van der Waals surface area contributed by atoms with Gasteiger partial charge in [-0.25, -0.2) is 4.79 Å². The standard InChI is InChI=1S/C17H23O3/c1-17(2,3)14-11-7-8-12-15(14)19-20-16(18)13-9-5-4-6-10-13/h4-6,9-10,14H,7-8,11-12H2,1-3H3. The van der Waals surface area contributed by atoms with E-state index in [1.54, 1.807) is 12.1 Å². The van der Waals surface area contributed by atoms with Gasteiger partial charge in [-0.05, 0) is 30.4 Å². The van der Waals surface area contributed by atoms with Gasteiger partial charge in [0.05, 0.1) is 5.56 Å². The monoisotopic (exact) mass is 275 g/mol. The van der Waals surface area contributed by atoms with E-state index in [2.05, 4.69) is 20.8 Å². The highest BCUT2D eigenvalue weighted by Gasteiger charge is 2.37. The van der Waals surface area contributed by atoms with Gasteiger partial charge in [0, 0.05) is 5.92 Å². The summed E-state index contributed by atoms with van der Waals surface area (Å²) in [7, 11) is 0. The van der Waals surface area contributed by atoms with E-state index in [9.17, 15) is 4.79 Å². The zero-order chi connectivity index (χ0) is 14.6. The largest absolute Gasteiger partial charge is 0.373 e. The van der Waals surface area contributed by atoms with Crippen molar-refractivity contribution in [3.8, 4) is 0 Å². The Hall–Kier alpha value is -1.35. The van der Waals surface area contributed by atoms with E-state index in [0.29, 0.717) is 11.5 Å². The van der Waals surface area contributed by atoms with E-state index < -0.39 is 5.97 Å². The highest BCUT2D eigenvalue weighted by molar-refractivity contribution is 5.88. The second kappa shape index (κ2) is 6.40. The smallest absolute Gasteiger partial charge is 0.292 e. The fourth-order valence-corrected chi connectivity index (χ4v) is 2.71. The van der Waals surface area contributed by atoms with Crippen LogP contribution in [0.5, 0.6) is 0 Å². The van der Waals surface area contributed by atoms with Crippen LogP contribution in [-0.2, 0) is 9.78 Å². The predicted molar refractivity (Wildman–Crippen MR) is 77.6 cm³/mol. The maximum Gasteiger partial charge on any atom is 0.373 e. The van der Waals surface area contributed by atoms with Crippen molar-refractivity contribution >= 4 is 5.97 Å². The summed E-state index contributed by atoms with van der Waals surface area (Å²) in [6.45, 7) is 6.60. The molecule has 0 spiro atoms. The minimum atomic E-state index is -0.434. The average molecular weight is 275 g/mol. The quantitative estimate of drug-likeness (QED) is 0.600. The molecule has 1 unspecified atom stereocenters. The number of hydrogen-bond acceptors (Lipinski definition) is 3. The van der Waals surface area contributed by atoms with Gasteiger partial charge in [-0.2, -0.15) is 4.89 Å². The van der Waals surface area contributed by atoms with Crippen molar-refractivity contribution < 1.29 is 14.6 Å². The highest BCUT2D eigenvalue weighted by Crippen LogP contribution is 2.43. The van der Waals surface area contributed by atoms with E-state index in [-0.39, 0.29) is 5.41 Å². The first-order valence-corrected chi connectivity index (χ1v) is 7.28. The summed E-state index contributed by atoms with van der Waals surface area (Å²) in [5.74, 6) is -0.0869. The molecule has 0 N–H and O–H groups in total. The third-order valence-electron chi connectivity index (χ3n) is 3.83. The third-order valence-corrected chi connectivity index (χ3v) is 3.83. The second-order valence-electron chi connectivity index (χ2n) is 6.45. The molecule has 0 saturated heterocycles. The Balaban J connectivity index is 1.93. The van der Waals surface area contributed by atoms with Crippen molar-refractivity contribution in [1.82, 2.24) is 0 Å². The molecule has 20 heavy (non-hydrogen) atoms. The molecule has 1 aromatic carbocycles. The molecule has 2 rings (SSSR count). The molecule has 1 aliphatic carbocycles.